The van der Waals surface area contributed by atoms with Gasteiger partial charge in [0.05, 0.1) is 47.7 Å². The zero-order valence-electron chi connectivity index (χ0n) is 95.4. The SMILES string of the molecule is CCOCCOc1ccc(C)cc1.Cc1ccc(CCN2CCCCC2)cc1.Cc1ccc(CN(C)C)cc1.Cc1ccc(CN(C)CC2CCCO2)cc1.Cc1ccc(CN2CCCC(C)(C)C2)cc1.Cc1ccc(N(C)C)cc1.Cc1ccc(N2CCCCC2)cc1.Cc1ccc(N2CCCCC2)s1.Cc1ccc(N2CCN(C)CC2)cn1.Cc1ccc(NCCN(C)C)cc1.Cc1cnc(N2CCN(C)CC2)cn1. The van der Waals surface area contributed by atoms with Crippen molar-refractivity contribution in [2.24, 2.45) is 5.41 Å². The predicted octanol–water partition coefficient (Wildman–Crippen LogP) is 25.5. The number of piperidine rings is 4. The Hall–Kier alpha value is -10.1. The Morgan fingerprint density at radius 1 is 0.408 bits per heavy atom. The Kier molecular flexibility index (Phi) is 57.6. The van der Waals surface area contributed by atoms with Gasteiger partial charge in [0.15, 0.2) is 0 Å². The number of likely N-dealkylation sites (N-methyl/N-ethyl adjacent to an activating group) is 4. The number of rotatable bonds is 25. The molecule has 18 rings (SSSR count). The molecule has 0 saturated carbocycles. The van der Waals surface area contributed by atoms with Crippen molar-refractivity contribution < 1.29 is 14.2 Å². The Labute approximate surface area is 896 Å². The number of anilines is 6. The van der Waals surface area contributed by atoms with E-state index in [1.165, 1.54) is 248 Å². The summed E-state index contributed by atoms with van der Waals surface area (Å²) in [5, 5.41) is 4.83. The fourth-order valence-electron chi connectivity index (χ4n) is 18.0. The van der Waals surface area contributed by atoms with Crippen LogP contribution in [0.1, 0.15) is 187 Å². The van der Waals surface area contributed by atoms with Gasteiger partial charge in [0.2, 0.25) is 0 Å². The first-order chi connectivity index (χ1) is 70.7. The lowest BCUT2D eigenvalue weighted by molar-refractivity contribution is 0.0793. The van der Waals surface area contributed by atoms with Crippen molar-refractivity contribution in [3.05, 3.63) is 320 Å². The number of nitrogens with one attached hydrogen (secondary N) is 1. The summed E-state index contributed by atoms with van der Waals surface area (Å²) in [4.78, 5) is 42.7. The van der Waals surface area contributed by atoms with Crippen molar-refractivity contribution >= 4 is 44.9 Å². The average molecular weight is 2020 g/mol. The van der Waals surface area contributed by atoms with Gasteiger partial charge in [0.25, 0.3) is 0 Å². The van der Waals surface area contributed by atoms with Crippen LogP contribution in [0.15, 0.2) is 237 Å². The second kappa shape index (κ2) is 69.3. The molecule has 0 spiro atoms. The molecule has 0 amide bonds. The van der Waals surface area contributed by atoms with Gasteiger partial charge >= 0.3 is 0 Å². The van der Waals surface area contributed by atoms with Gasteiger partial charge in [-0.3, -0.25) is 19.8 Å². The van der Waals surface area contributed by atoms with E-state index in [4.69, 9.17) is 14.2 Å². The second-order valence-electron chi connectivity index (χ2n) is 42.9. The first kappa shape index (κ1) is 122. The van der Waals surface area contributed by atoms with Gasteiger partial charge in [-0.15, -0.1) is 11.3 Å². The molecule has 7 aliphatic heterocycles. The summed E-state index contributed by atoms with van der Waals surface area (Å²) in [5.41, 5.74) is 23.9. The molecule has 804 valence electrons. The van der Waals surface area contributed by atoms with E-state index in [0.717, 1.165) is 128 Å². The van der Waals surface area contributed by atoms with Gasteiger partial charge < -0.3 is 68.5 Å². The standard InChI is InChI=1S/C15H23N.C14H21NO.C14H21N.C12H17N.C11H17N3.C11H18N2.C11H16O2.C10H16N4.C10H15NS.C10H15N.C9H13N/c1-13-5-7-14(8-6-13)11-16-10-4-9-15(2,3)12-16;1-12-5-7-13(8-6-12)10-15(2)11-14-4-3-9-16-14;1-13-5-7-14(8-6-13)9-12-15-10-3-2-4-11-15;1-11-5-7-12(8-6-11)13-9-3-2-4-10-13;1-10-3-4-11(9-12-10)14-7-5-13(2)6-8-14;1-10-4-6-11(7-5-10)12-8-9-13(2)3;1-3-12-8-9-13-11-6-4-10(2)5-7-11;1-9-7-12-10(8-11-9)14-5-3-13(2)4-6-14;1-9-5-6-10(12-9)11-7-3-2-4-8-11;1-9-4-6-10(7-5-9)8-11(2)3;1-8-4-6-9(7-5-8)10(2)3/h5-8H,4,9-12H2,1-3H3;5-8,14H,3-4,9-11H2,1-2H3;5-8H,2-4,9-12H2,1H3;5-8H,2-4,9-10H2,1H3;3-4,9H,5-8H2,1-2H3;4-7,12H,8-9H2,1-3H3;4-7H,3,8-9H2,1-2H3;7-8H,3-6H2,1-2H3;5-6H,2-4,7-8H2,1H3;4-7H,8H2,1-3H3;4-7H,1-3H3. The molecule has 147 heavy (non-hydrogen) atoms. The minimum atomic E-state index is 0.454. The molecule has 19 nitrogen and oxygen atoms in total. The number of likely N-dealkylation sites (tertiary alicyclic amines) is 2. The number of nitrogens with zero attached hydrogens (tertiary/aromatic N) is 15. The van der Waals surface area contributed by atoms with Crippen molar-refractivity contribution in [3.63, 3.8) is 0 Å². The van der Waals surface area contributed by atoms with Crippen LogP contribution in [0.25, 0.3) is 0 Å². The van der Waals surface area contributed by atoms with Crippen LogP contribution < -0.4 is 34.6 Å². The molecule has 0 bridgehead atoms. The minimum Gasteiger partial charge on any atom is -0.491 e. The molecule has 7 saturated heterocycles. The number of hydrogen-bond acceptors (Lipinski definition) is 20. The number of benzene rings is 8. The number of aryl methyl sites for hydroxylation is 11. The quantitative estimate of drug-likeness (QED) is 0.0546. The smallest absolute Gasteiger partial charge is 0.147 e. The molecule has 11 aromatic rings. The third kappa shape index (κ3) is 52.8. The molecule has 3 aromatic heterocycles. The number of pyridine rings is 1. The average Bonchev–Trinajstić information content (AvgIpc) is 1.84. The topological polar surface area (TPSA) is 117 Å². The Morgan fingerprint density at radius 3 is 1.34 bits per heavy atom. The molecule has 1 N–H and O–H groups in total. The zero-order valence-corrected chi connectivity index (χ0v) is 96.2. The zero-order chi connectivity index (χ0) is 106. The number of hydrogen-bond donors (Lipinski definition) is 1. The third-order valence-corrected chi connectivity index (χ3v) is 28.3. The Balaban J connectivity index is 0.000000198. The summed E-state index contributed by atoms with van der Waals surface area (Å²) < 4.78 is 16.2. The van der Waals surface area contributed by atoms with E-state index in [9.17, 15) is 0 Å². The lowest BCUT2D eigenvalue weighted by Gasteiger charge is -2.38. The summed E-state index contributed by atoms with van der Waals surface area (Å²) in [6, 6.07) is 77.9. The normalized spacial score (nSPS) is 16.2. The molecule has 7 fully saturated rings. The molecule has 0 radical (unpaired) electrons. The first-order valence-corrected chi connectivity index (χ1v) is 55.9. The number of ether oxygens (including phenoxy) is 3. The van der Waals surface area contributed by atoms with Crippen molar-refractivity contribution in [2.45, 2.75) is 213 Å². The molecule has 0 aliphatic carbocycles. The van der Waals surface area contributed by atoms with E-state index in [1.54, 1.807) is 0 Å². The molecular formula is C127H192N16O3S. The maximum Gasteiger partial charge on any atom is 0.147 e. The van der Waals surface area contributed by atoms with Crippen LogP contribution in [0.4, 0.5) is 33.6 Å². The van der Waals surface area contributed by atoms with E-state index in [2.05, 4.69) is 399 Å². The van der Waals surface area contributed by atoms with E-state index in [0.29, 0.717) is 24.7 Å². The predicted molar refractivity (Wildman–Crippen MR) is 634 cm³/mol. The summed E-state index contributed by atoms with van der Waals surface area (Å²) in [6.07, 6.45) is 25.0. The molecule has 20 heteroatoms. The van der Waals surface area contributed by atoms with Gasteiger partial charge in [-0.05, 0) is 336 Å². The highest BCUT2D eigenvalue weighted by molar-refractivity contribution is 7.16. The summed E-state index contributed by atoms with van der Waals surface area (Å²) in [5.74, 6) is 1.91. The Bertz CT molecular complexity index is 5100. The van der Waals surface area contributed by atoms with Crippen LogP contribution in [0.2, 0.25) is 0 Å². The maximum atomic E-state index is 5.64. The number of piperazine rings is 2. The van der Waals surface area contributed by atoms with E-state index >= 15 is 0 Å². The monoisotopic (exact) mass is 2020 g/mol. The van der Waals surface area contributed by atoms with Crippen molar-refractivity contribution in [3.8, 4) is 5.75 Å². The van der Waals surface area contributed by atoms with Crippen molar-refractivity contribution in [1.29, 1.82) is 0 Å². The van der Waals surface area contributed by atoms with Crippen LogP contribution in [0.3, 0.4) is 0 Å². The molecular weight excluding hydrogens is 1830 g/mol. The van der Waals surface area contributed by atoms with Gasteiger partial charge in [-0.1, -0.05) is 210 Å². The summed E-state index contributed by atoms with van der Waals surface area (Å²) in [6.45, 7) is 59.3. The van der Waals surface area contributed by atoms with Crippen molar-refractivity contribution in [1.82, 2.24) is 49.3 Å². The van der Waals surface area contributed by atoms with Gasteiger partial charge in [-0.25, -0.2) is 4.98 Å². The van der Waals surface area contributed by atoms with Gasteiger partial charge in [0, 0.05) is 186 Å². The largest absolute Gasteiger partial charge is 0.491 e. The molecule has 8 aromatic carbocycles. The summed E-state index contributed by atoms with van der Waals surface area (Å²) >= 11 is 1.92. The molecule has 10 heterocycles. The number of aromatic nitrogens is 3. The number of thiophene rings is 1. The highest BCUT2D eigenvalue weighted by Crippen LogP contribution is 2.31. The highest BCUT2D eigenvalue weighted by atomic mass is 32.1. The fourth-order valence-corrected chi connectivity index (χ4v) is 18.9. The minimum absolute atomic E-state index is 0.454. The Morgan fingerprint density at radius 2 is 0.871 bits per heavy atom. The van der Waals surface area contributed by atoms with E-state index in [-0.39, 0.29) is 0 Å². The summed E-state index contributed by atoms with van der Waals surface area (Å²) in [7, 11) is 18.9. The maximum absolute atomic E-state index is 5.64. The van der Waals surface area contributed by atoms with Crippen LogP contribution in [-0.4, -0.2) is 276 Å². The fraction of sp³-hybridized carbons (Fsp3) is 0.520. The van der Waals surface area contributed by atoms with Crippen molar-refractivity contribution in [2.75, 3.05) is 251 Å². The molecule has 7 aliphatic rings. The van der Waals surface area contributed by atoms with Crippen LogP contribution in [0, 0.1) is 81.6 Å². The van der Waals surface area contributed by atoms with Crippen LogP contribution in [0.5, 0.6) is 5.75 Å². The van der Waals surface area contributed by atoms with Crippen LogP contribution in [-0.2, 0) is 35.5 Å². The lowest BCUT2D eigenvalue weighted by atomic mass is 9.84. The molecule has 1 atom stereocenters. The molecule has 1 unspecified atom stereocenters. The highest BCUT2D eigenvalue weighted by Gasteiger charge is 2.27. The lowest BCUT2D eigenvalue weighted by Crippen LogP contribution is -2.44. The van der Waals surface area contributed by atoms with Crippen LogP contribution >= 0.6 is 11.3 Å². The third-order valence-electron chi connectivity index (χ3n) is 27.2. The van der Waals surface area contributed by atoms with Gasteiger partial charge in [0.1, 0.15) is 18.2 Å². The first-order valence-electron chi connectivity index (χ1n) is 55.1. The van der Waals surface area contributed by atoms with Gasteiger partial charge in [-0.2, -0.15) is 0 Å². The van der Waals surface area contributed by atoms with E-state index < -0.39 is 0 Å². The van der Waals surface area contributed by atoms with E-state index in [1.807, 2.05) is 89.1 Å². The second-order valence-corrected chi connectivity index (χ2v) is 44.2.